The van der Waals surface area contributed by atoms with Gasteiger partial charge in [-0.2, -0.15) is 0 Å². The number of piperidine rings is 1. The molecule has 0 bridgehead atoms. The van der Waals surface area contributed by atoms with Crippen LogP contribution in [0, 0.1) is 11.8 Å². The number of piperazine rings is 1. The van der Waals surface area contributed by atoms with E-state index in [-0.39, 0.29) is 0 Å². The molecule has 5 nitrogen and oxygen atoms in total. The zero-order chi connectivity index (χ0) is 16.8. The number of carbonyl (C=O) groups is 1. The van der Waals surface area contributed by atoms with E-state index in [0.29, 0.717) is 24.2 Å². The van der Waals surface area contributed by atoms with Gasteiger partial charge in [0.25, 0.3) is 0 Å². The van der Waals surface area contributed by atoms with Crippen molar-refractivity contribution in [1.82, 2.24) is 20.1 Å². The van der Waals surface area contributed by atoms with Crippen LogP contribution in [-0.4, -0.2) is 60.0 Å². The largest absolute Gasteiger partial charge is 0.340 e. The van der Waals surface area contributed by atoms with E-state index < -0.39 is 0 Å². The van der Waals surface area contributed by atoms with Gasteiger partial charge in [-0.25, -0.2) is 0 Å². The second-order valence-electron chi connectivity index (χ2n) is 7.30. The minimum atomic E-state index is 0.344. The highest BCUT2D eigenvalue weighted by Gasteiger charge is 2.26. The van der Waals surface area contributed by atoms with Crippen molar-refractivity contribution >= 4 is 5.91 Å². The van der Waals surface area contributed by atoms with Gasteiger partial charge >= 0.3 is 0 Å². The van der Waals surface area contributed by atoms with Crippen molar-refractivity contribution in [3.63, 3.8) is 0 Å². The van der Waals surface area contributed by atoms with E-state index in [4.69, 9.17) is 0 Å². The quantitative estimate of drug-likeness (QED) is 0.894. The van der Waals surface area contributed by atoms with Crippen LogP contribution in [0.3, 0.4) is 0 Å². The Bertz CT molecular complexity index is 507. The molecule has 132 valence electrons. The van der Waals surface area contributed by atoms with Crippen LogP contribution in [0.4, 0.5) is 0 Å². The van der Waals surface area contributed by atoms with E-state index in [1.54, 1.807) is 0 Å². The summed E-state index contributed by atoms with van der Waals surface area (Å²) in [6, 6.07) is 4.13. The molecular weight excluding hydrogens is 300 g/mol. The van der Waals surface area contributed by atoms with E-state index in [1.807, 2.05) is 12.4 Å². The second kappa shape index (κ2) is 8.58. The Kier molecular flexibility index (Phi) is 6.21. The smallest absolute Gasteiger partial charge is 0.222 e. The molecule has 1 aromatic rings. The molecule has 2 aliphatic rings. The summed E-state index contributed by atoms with van der Waals surface area (Å²) in [5.41, 5.74) is 1.29. The topological polar surface area (TPSA) is 48.5 Å². The van der Waals surface area contributed by atoms with Crippen LogP contribution in [0.15, 0.2) is 24.5 Å². The number of aromatic nitrogens is 1. The summed E-state index contributed by atoms with van der Waals surface area (Å²) in [4.78, 5) is 21.1. The van der Waals surface area contributed by atoms with Gasteiger partial charge in [0.05, 0.1) is 0 Å². The third kappa shape index (κ3) is 4.77. The Morgan fingerprint density at radius 1 is 1.29 bits per heavy atom. The Balaban J connectivity index is 1.41. The highest BCUT2D eigenvalue weighted by atomic mass is 16.2. The first-order chi connectivity index (χ1) is 11.7. The lowest BCUT2D eigenvalue weighted by molar-refractivity contribution is -0.134. The van der Waals surface area contributed by atoms with Gasteiger partial charge < -0.3 is 10.2 Å². The molecule has 0 spiro atoms. The van der Waals surface area contributed by atoms with Crippen molar-refractivity contribution in [2.75, 3.05) is 39.3 Å². The average Bonchev–Trinajstić information content (AvgIpc) is 2.64. The van der Waals surface area contributed by atoms with Crippen LogP contribution in [0.5, 0.6) is 0 Å². The number of rotatable bonds is 5. The van der Waals surface area contributed by atoms with Crippen LogP contribution >= 0.6 is 0 Å². The molecule has 0 aliphatic carbocycles. The van der Waals surface area contributed by atoms with Crippen LogP contribution in [0.2, 0.25) is 0 Å². The summed E-state index contributed by atoms with van der Waals surface area (Å²) in [7, 11) is 0. The summed E-state index contributed by atoms with van der Waals surface area (Å²) in [6.45, 7) is 9.06. The minimum Gasteiger partial charge on any atom is -0.340 e. The molecule has 2 saturated heterocycles. The van der Waals surface area contributed by atoms with E-state index in [0.717, 1.165) is 45.8 Å². The van der Waals surface area contributed by atoms with Crippen molar-refractivity contribution in [2.24, 2.45) is 11.8 Å². The predicted octanol–water partition coefficient (Wildman–Crippen LogP) is 1.75. The number of nitrogens with one attached hydrogen (secondary N) is 1. The molecule has 1 amide bonds. The number of nitrogens with zero attached hydrogens (tertiary/aromatic N) is 3. The second-order valence-corrected chi connectivity index (χ2v) is 7.30. The summed E-state index contributed by atoms with van der Waals surface area (Å²) < 4.78 is 0. The minimum absolute atomic E-state index is 0.344. The average molecular weight is 330 g/mol. The lowest BCUT2D eigenvalue weighted by Crippen LogP contribution is -2.48. The normalized spacial score (nSPS) is 23.9. The molecule has 0 radical (unpaired) electrons. The summed E-state index contributed by atoms with van der Waals surface area (Å²) >= 11 is 0. The molecule has 1 aromatic heterocycles. The highest BCUT2D eigenvalue weighted by molar-refractivity contribution is 5.76. The van der Waals surface area contributed by atoms with Gasteiger partial charge in [-0.05, 0) is 55.5 Å². The van der Waals surface area contributed by atoms with Gasteiger partial charge in [0, 0.05) is 51.5 Å². The fraction of sp³-hybridized carbons (Fsp3) is 0.684. The van der Waals surface area contributed by atoms with Crippen molar-refractivity contribution in [2.45, 2.75) is 32.7 Å². The Labute approximate surface area is 145 Å². The maximum atomic E-state index is 12.6. The fourth-order valence-electron chi connectivity index (χ4n) is 3.84. The third-order valence-electron chi connectivity index (χ3n) is 5.52. The van der Waals surface area contributed by atoms with Crippen molar-refractivity contribution in [1.29, 1.82) is 0 Å². The SMILES string of the molecule is CC(CC(=O)N1CCN(Cc2ccncc2)CC1)C1CCCNC1. The molecule has 24 heavy (non-hydrogen) atoms. The maximum absolute atomic E-state index is 12.6. The van der Waals surface area contributed by atoms with Gasteiger partial charge in [0.15, 0.2) is 0 Å². The summed E-state index contributed by atoms with van der Waals surface area (Å²) in [6.07, 6.45) is 6.90. The Hall–Kier alpha value is -1.46. The molecule has 0 aromatic carbocycles. The van der Waals surface area contributed by atoms with E-state index >= 15 is 0 Å². The molecule has 1 N–H and O–H groups in total. The predicted molar refractivity (Wildman–Crippen MR) is 95.5 cm³/mol. The Morgan fingerprint density at radius 2 is 2.04 bits per heavy atom. The molecule has 2 unspecified atom stereocenters. The van der Waals surface area contributed by atoms with Crippen molar-refractivity contribution in [3.8, 4) is 0 Å². The van der Waals surface area contributed by atoms with Gasteiger partial charge in [-0.1, -0.05) is 6.92 Å². The first-order valence-corrected chi connectivity index (χ1v) is 9.32. The van der Waals surface area contributed by atoms with Crippen LogP contribution in [0.1, 0.15) is 31.7 Å². The number of pyridine rings is 1. The molecule has 5 heteroatoms. The van der Waals surface area contributed by atoms with Gasteiger partial charge in [-0.15, -0.1) is 0 Å². The van der Waals surface area contributed by atoms with Crippen LogP contribution < -0.4 is 5.32 Å². The molecule has 3 rings (SSSR count). The number of carbonyl (C=O) groups excluding carboxylic acids is 1. The van der Waals surface area contributed by atoms with E-state index in [9.17, 15) is 4.79 Å². The number of hydrogen-bond acceptors (Lipinski definition) is 4. The van der Waals surface area contributed by atoms with Crippen molar-refractivity contribution < 1.29 is 4.79 Å². The van der Waals surface area contributed by atoms with Crippen LogP contribution in [0.25, 0.3) is 0 Å². The molecule has 2 aliphatic heterocycles. The molecule has 2 fully saturated rings. The monoisotopic (exact) mass is 330 g/mol. The number of hydrogen-bond donors (Lipinski definition) is 1. The highest BCUT2D eigenvalue weighted by Crippen LogP contribution is 2.23. The number of amides is 1. The lowest BCUT2D eigenvalue weighted by Gasteiger charge is -2.36. The van der Waals surface area contributed by atoms with Crippen molar-refractivity contribution in [3.05, 3.63) is 30.1 Å². The molecule has 2 atom stereocenters. The summed E-state index contributed by atoms with van der Waals surface area (Å²) in [5.74, 6) is 1.49. The van der Waals surface area contributed by atoms with Crippen LogP contribution in [-0.2, 0) is 11.3 Å². The summed E-state index contributed by atoms with van der Waals surface area (Å²) in [5, 5.41) is 3.46. The maximum Gasteiger partial charge on any atom is 0.222 e. The lowest BCUT2D eigenvalue weighted by atomic mass is 9.85. The Morgan fingerprint density at radius 3 is 2.71 bits per heavy atom. The first-order valence-electron chi connectivity index (χ1n) is 9.32. The van der Waals surface area contributed by atoms with E-state index in [2.05, 4.69) is 39.2 Å². The zero-order valence-corrected chi connectivity index (χ0v) is 14.8. The van der Waals surface area contributed by atoms with Gasteiger partial charge in [0.2, 0.25) is 5.91 Å². The zero-order valence-electron chi connectivity index (χ0n) is 14.8. The van der Waals surface area contributed by atoms with E-state index in [1.165, 1.54) is 18.4 Å². The molecule has 0 saturated carbocycles. The molecule has 3 heterocycles. The van der Waals surface area contributed by atoms with Gasteiger partial charge in [-0.3, -0.25) is 14.7 Å². The fourth-order valence-corrected chi connectivity index (χ4v) is 3.84. The van der Waals surface area contributed by atoms with Gasteiger partial charge in [0.1, 0.15) is 0 Å². The standard InChI is InChI=1S/C19H30N4O/c1-16(18-3-2-6-21-14-18)13-19(24)23-11-9-22(10-12-23)15-17-4-7-20-8-5-17/h4-5,7-8,16,18,21H,2-3,6,9-15H2,1H3. The first kappa shape index (κ1) is 17.4. The third-order valence-corrected chi connectivity index (χ3v) is 5.52. The molecular formula is C19H30N4O.